The second-order valence-corrected chi connectivity index (χ2v) is 4.48. The Balaban J connectivity index is 0.00000220. The SMILES string of the molecule is CN1CCOc2ccc(NC(=O)CNC(=O)CN)cc21.Cl.Cl. The average molecular weight is 351 g/mol. The number of amides is 2. The minimum atomic E-state index is -0.362. The van der Waals surface area contributed by atoms with E-state index in [2.05, 4.69) is 15.5 Å². The molecule has 0 spiro atoms. The van der Waals surface area contributed by atoms with Gasteiger partial charge in [-0.1, -0.05) is 0 Å². The predicted molar refractivity (Wildman–Crippen MR) is 90.4 cm³/mol. The molecule has 0 aromatic heterocycles. The fourth-order valence-electron chi connectivity index (χ4n) is 1.88. The van der Waals surface area contributed by atoms with Crippen molar-refractivity contribution in [3.63, 3.8) is 0 Å². The first-order valence-corrected chi connectivity index (χ1v) is 6.35. The normalized spacial score (nSPS) is 12.0. The smallest absolute Gasteiger partial charge is 0.243 e. The van der Waals surface area contributed by atoms with Gasteiger partial charge in [0.2, 0.25) is 11.8 Å². The highest BCUT2D eigenvalue weighted by Crippen LogP contribution is 2.33. The molecule has 1 aliphatic heterocycles. The lowest BCUT2D eigenvalue weighted by Crippen LogP contribution is -2.36. The standard InChI is InChI=1S/C13H18N4O3.2ClH/c1-17-4-5-20-11-3-2-9(6-10(11)17)16-13(19)8-15-12(18)7-14;;/h2-3,6H,4-5,7-8,14H2,1H3,(H,15,18)(H,16,19);2*1H. The molecule has 0 fully saturated rings. The maximum Gasteiger partial charge on any atom is 0.243 e. The zero-order valence-electron chi connectivity index (χ0n) is 12.1. The quantitative estimate of drug-likeness (QED) is 0.729. The monoisotopic (exact) mass is 350 g/mol. The molecule has 0 aliphatic carbocycles. The molecule has 2 rings (SSSR count). The maximum absolute atomic E-state index is 11.7. The van der Waals surface area contributed by atoms with Crippen LogP contribution in [0.4, 0.5) is 11.4 Å². The lowest BCUT2D eigenvalue weighted by atomic mass is 10.2. The van der Waals surface area contributed by atoms with Crippen LogP contribution >= 0.6 is 24.8 Å². The highest BCUT2D eigenvalue weighted by molar-refractivity contribution is 5.95. The third-order valence-corrected chi connectivity index (χ3v) is 2.97. The van der Waals surface area contributed by atoms with Gasteiger partial charge in [-0.3, -0.25) is 9.59 Å². The van der Waals surface area contributed by atoms with Gasteiger partial charge in [0.15, 0.2) is 0 Å². The first-order valence-electron chi connectivity index (χ1n) is 6.35. The van der Waals surface area contributed by atoms with Crippen molar-refractivity contribution in [1.82, 2.24) is 5.32 Å². The van der Waals surface area contributed by atoms with Crippen LogP contribution in [0.1, 0.15) is 0 Å². The predicted octanol–water partition coefficient (Wildman–Crippen LogP) is 0.372. The Bertz CT molecular complexity index is 528. The third kappa shape index (κ3) is 5.25. The Morgan fingerprint density at radius 2 is 2.05 bits per heavy atom. The lowest BCUT2D eigenvalue weighted by Gasteiger charge is -2.28. The highest BCUT2D eigenvalue weighted by Gasteiger charge is 2.15. The minimum absolute atomic E-state index is 0. The fraction of sp³-hybridized carbons (Fsp3) is 0.385. The Labute approximate surface area is 141 Å². The number of rotatable bonds is 4. The number of carbonyl (C=O) groups is 2. The number of ether oxygens (including phenoxy) is 1. The zero-order valence-corrected chi connectivity index (χ0v) is 13.8. The first kappa shape index (κ1) is 20.3. The molecule has 4 N–H and O–H groups in total. The van der Waals surface area contributed by atoms with Gasteiger partial charge in [0, 0.05) is 12.7 Å². The van der Waals surface area contributed by atoms with Crippen LogP contribution in [0.25, 0.3) is 0 Å². The molecule has 0 atom stereocenters. The first-order chi connectivity index (χ1) is 9.60. The Morgan fingerprint density at radius 3 is 2.73 bits per heavy atom. The van der Waals surface area contributed by atoms with Gasteiger partial charge in [-0.2, -0.15) is 0 Å². The number of likely N-dealkylation sites (N-methyl/N-ethyl adjacent to an activating group) is 1. The summed E-state index contributed by atoms with van der Waals surface area (Å²) >= 11 is 0. The molecule has 22 heavy (non-hydrogen) atoms. The second kappa shape index (κ2) is 9.34. The van der Waals surface area contributed by atoms with Gasteiger partial charge in [0.05, 0.1) is 25.3 Å². The van der Waals surface area contributed by atoms with Crippen LogP contribution in [0.15, 0.2) is 18.2 Å². The Morgan fingerprint density at radius 1 is 1.32 bits per heavy atom. The number of nitrogens with zero attached hydrogens (tertiary/aromatic N) is 1. The summed E-state index contributed by atoms with van der Waals surface area (Å²) in [6.07, 6.45) is 0. The molecule has 0 saturated carbocycles. The molecular weight excluding hydrogens is 331 g/mol. The summed E-state index contributed by atoms with van der Waals surface area (Å²) in [7, 11) is 1.97. The van der Waals surface area contributed by atoms with Crippen molar-refractivity contribution in [3.8, 4) is 5.75 Å². The average Bonchev–Trinajstić information content (AvgIpc) is 2.45. The number of hydrogen-bond acceptors (Lipinski definition) is 5. The molecule has 0 saturated heterocycles. The number of halogens is 2. The number of carbonyl (C=O) groups excluding carboxylic acids is 2. The highest BCUT2D eigenvalue weighted by atomic mass is 35.5. The molecule has 1 aromatic rings. The van der Waals surface area contributed by atoms with E-state index in [0.29, 0.717) is 12.3 Å². The maximum atomic E-state index is 11.7. The summed E-state index contributed by atoms with van der Waals surface area (Å²) in [6.45, 7) is 1.23. The minimum Gasteiger partial charge on any atom is -0.490 e. The van der Waals surface area contributed by atoms with E-state index in [1.165, 1.54) is 0 Å². The zero-order chi connectivity index (χ0) is 14.5. The summed E-state index contributed by atoms with van der Waals surface area (Å²) in [5.41, 5.74) is 6.73. The van der Waals surface area contributed by atoms with Crippen molar-refractivity contribution in [2.24, 2.45) is 5.73 Å². The van der Waals surface area contributed by atoms with E-state index in [4.69, 9.17) is 10.5 Å². The van der Waals surface area contributed by atoms with E-state index in [0.717, 1.165) is 18.0 Å². The second-order valence-electron chi connectivity index (χ2n) is 4.48. The van der Waals surface area contributed by atoms with Crippen LogP contribution in [0.5, 0.6) is 5.75 Å². The van der Waals surface area contributed by atoms with Crippen molar-refractivity contribution in [2.45, 2.75) is 0 Å². The fourth-order valence-corrected chi connectivity index (χ4v) is 1.88. The van der Waals surface area contributed by atoms with Gasteiger partial charge in [-0.05, 0) is 18.2 Å². The molecule has 2 amide bonds. The van der Waals surface area contributed by atoms with E-state index < -0.39 is 0 Å². The van der Waals surface area contributed by atoms with E-state index in [1.807, 2.05) is 19.2 Å². The Kier molecular flexibility index (Phi) is 8.62. The lowest BCUT2D eigenvalue weighted by molar-refractivity contribution is -0.123. The van der Waals surface area contributed by atoms with Crippen LogP contribution < -0.4 is 26.0 Å². The van der Waals surface area contributed by atoms with Crippen molar-refractivity contribution in [1.29, 1.82) is 0 Å². The number of fused-ring (bicyclic) bond motifs is 1. The van der Waals surface area contributed by atoms with Gasteiger partial charge in [-0.25, -0.2) is 0 Å². The molecule has 0 unspecified atom stereocenters. The van der Waals surface area contributed by atoms with E-state index >= 15 is 0 Å². The van der Waals surface area contributed by atoms with Crippen LogP contribution in [-0.2, 0) is 9.59 Å². The number of benzene rings is 1. The van der Waals surface area contributed by atoms with Gasteiger partial charge in [-0.15, -0.1) is 24.8 Å². The summed E-state index contributed by atoms with van der Waals surface area (Å²) in [6, 6.07) is 5.43. The van der Waals surface area contributed by atoms with Crippen LogP contribution in [0.3, 0.4) is 0 Å². The largest absolute Gasteiger partial charge is 0.490 e. The molecule has 0 radical (unpaired) electrons. The van der Waals surface area contributed by atoms with Gasteiger partial charge in [0.1, 0.15) is 12.4 Å². The van der Waals surface area contributed by atoms with Gasteiger partial charge < -0.3 is 26.0 Å². The van der Waals surface area contributed by atoms with Gasteiger partial charge in [0.25, 0.3) is 0 Å². The molecule has 1 aromatic carbocycles. The molecule has 0 bridgehead atoms. The molecule has 1 aliphatic rings. The number of anilines is 2. The number of nitrogens with one attached hydrogen (secondary N) is 2. The van der Waals surface area contributed by atoms with E-state index in [1.54, 1.807) is 6.07 Å². The number of hydrogen-bond donors (Lipinski definition) is 3. The third-order valence-electron chi connectivity index (χ3n) is 2.97. The summed E-state index contributed by atoms with van der Waals surface area (Å²) in [5, 5.41) is 5.13. The van der Waals surface area contributed by atoms with Crippen LogP contribution in [-0.4, -0.2) is 45.1 Å². The van der Waals surface area contributed by atoms with Crippen molar-refractivity contribution in [2.75, 3.05) is 43.5 Å². The molecule has 7 nitrogen and oxygen atoms in total. The summed E-state index contributed by atoms with van der Waals surface area (Å²) in [5.74, 6) is 0.137. The van der Waals surface area contributed by atoms with Crippen LogP contribution in [0.2, 0.25) is 0 Å². The molecule has 1 heterocycles. The number of nitrogens with two attached hydrogens (primary N) is 1. The van der Waals surface area contributed by atoms with Crippen LogP contribution in [0, 0.1) is 0 Å². The van der Waals surface area contributed by atoms with Gasteiger partial charge >= 0.3 is 0 Å². The van der Waals surface area contributed by atoms with Crippen molar-refractivity contribution < 1.29 is 14.3 Å². The van der Waals surface area contributed by atoms with Crippen molar-refractivity contribution >= 4 is 48.0 Å². The van der Waals surface area contributed by atoms with E-state index in [-0.39, 0.29) is 49.7 Å². The topological polar surface area (TPSA) is 96.7 Å². The molecular formula is C13H20Cl2N4O3. The molecule has 124 valence electrons. The van der Waals surface area contributed by atoms with Crippen molar-refractivity contribution in [3.05, 3.63) is 18.2 Å². The van der Waals surface area contributed by atoms with E-state index in [9.17, 15) is 9.59 Å². The Hall–Kier alpha value is -1.70. The summed E-state index contributed by atoms with van der Waals surface area (Å²) in [4.78, 5) is 24.7. The molecule has 9 heteroatoms. The summed E-state index contributed by atoms with van der Waals surface area (Å²) < 4.78 is 5.52.